The van der Waals surface area contributed by atoms with Crippen molar-refractivity contribution < 1.29 is 22.3 Å². The molecule has 0 saturated carbocycles. The summed E-state index contributed by atoms with van der Waals surface area (Å²) in [5, 5.41) is 6.36. The number of alkyl halides is 3. The third-order valence-corrected chi connectivity index (χ3v) is 3.48. The van der Waals surface area contributed by atoms with Crippen LogP contribution < -0.4 is 10.6 Å². The predicted molar refractivity (Wildman–Crippen MR) is 92.8 cm³/mol. The van der Waals surface area contributed by atoms with Crippen LogP contribution in [0.5, 0.6) is 0 Å². The molecule has 1 aromatic carbocycles. The Morgan fingerprint density at radius 2 is 1.85 bits per heavy atom. The molecule has 2 rings (SSSR count). The van der Waals surface area contributed by atoms with Gasteiger partial charge in [-0.1, -0.05) is 24.3 Å². The number of benzene rings is 1. The Kier molecular flexibility index (Phi) is 7.53. The zero-order chi connectivity index (χ0) is 18.8. The van der Waals surface area contributed by atoms with Crippen molar-refractivity contribution in [1.29, 1.82) is 0 Å². The lowest BCUT2D eigenvalue weighted by molar-refractivity contribution is -0.176. The molecule has 0 radical (unpaired) electrons. The van der Waals surface area contributed by atoms with E-state index in [9.17, 15) is 13.2 Å². The highest BCUT2D eigenvalue weighted by molar-refractivity contribution is 5.79. The lowest BCUT2D eigenvalue weighted by Crippen LogP contribution is -2.37. The molecule has 0 aliphatic rings. The van der Waals surface area contributed by atoms with Crippen LogP contribution in [0.25, 0.3) is 0 Å². The molecule has 142 valence electrons. The fourth-order valence-corrected chi connectivity index (χ4v) is 2.20. The molecule has 2 N–H and O–H groups in total. The molecule has 1 heterocycles. The van der Waals surface area contributed by atoms with Crippen LogP contribution in [0.2, 0.25) is 0 Å². The fourth-order valence-electron chi connectivity index (χ4n) is 2.20. The Bertz CT molecular complexity index is 668. The van der Waals surface area contributed by atoms with Gasteiger partial charge in [-0.3, -0.25) is 4.99 Å². The second-order valence-corrected chi connectivity index (χ2v) is 5.61. The lowest BCUT2D eigenvalue weighted by atomic mass is 10.1. The quantitative estimate of drug-likeness (QED) is 0.554. The van der Waals surface area contributed by atoms with E-state index in [2.05, 4.69) is 20.4 Å². The molecule has 0 amide bonds. The predicted octanol–water partition coefficient (Wildman–Crippen LogP) is 3.27. The molecule has 2 aromatic rings. The number of halogens is 3. The molecule has 8 heteroatoms. The highest BCUT2D eigenvalue weighted by Crippen LogP contribution is 2.15. The van der Waals surface area contributed by atoms with Crippen LogP contribution >= 0.6 is 0 Å². The zero-order valence-corrected chi connectivity index (χ0v) is 14.5. The van der Waals surface area contributed by atoms with Gasteiger partial charge in [-0.25, -0.2) is 0 Å². The molecule has 0 spiro atoms. The molecule has 0 bridgehead atoms. The second kappa shape index (κ2) is 9.86. The van der Waals surface area contributed by atoms with Gasteiger partial charge in [-0.2, -0.15) is 13.2 Å². The van der Waals surface area contributed by atoms with Crippen LogP contribution in [0.4, 0.5) is 13.2 Å². The topological polar surface area (TPSA) is 58.8 Å². The molecular formula is C18H22F3N3O2. The summed E-state index contributed by atoms with van der Waals surface area (Å²) in [6.45, 7) is -0.0771. The van der Waals surface area contributed by atoms with Gasteiger partial charge in [0.25, 0.3) is 0 Å². The van der Waals surface area contributed by atoms with Crippen LogP contribution in [0.15, 0.2) is 52.1 Å². The van der Waals surface area contributed by atoms with E-state index >= 15 is 0 Å². The number of furan rings is 1. The maximum Gasteiger partial charge on any atom is 0.411 e. The minimum absolute atomic E-state index is 0.0662. The smallest absolute Gasteiger partial charge is 0.411 e. The van der Waals surface area contributed by atoms with Crippen molar-refractivity contribution in [3.8, 4) is 0 Å². The summed E-state index contributed by atoms with van der Waals surface area (Å²) in [6, 6.07) is 10.9. The summed E-state index contributed by atoms with van der Waals surface area (Å²) >= 11 is 0. The normalized spacial score (nSPS) is 12.2. The van der Waals surface area contributed by atoms with Gasteiger partial charge in [0.1, 0.15) is 12.4 Å². The van der Waals surface area contributed by atoms with Crippen molar-refractivity contribution in [2.75, 3.05) is 20.2 Å². The first-order valence-corrected chi connectivity index (χ1v) is 8.15. The maximum absolute atomic E-state index is 12.0. The third-order valence-electron chi connectivity index (χ3n) is 3.48. The molecule has 1 aromatic heterocycles. The molecule has 0 atom stereocenters. The van der Waals surface area contributed by atoms with Gasteiger partial charge < -0.3 is 19.8 Å². The summed E-state index contributed by atoms with van der Waals surface area (Å²) < 4.78 is 46.0. The number of hydrogen-bond acceptors (Lipinski definition) is 3. The first-order valence-electron chi connectivity index (χ1n) is 8.15. The van der Waals surface area contributed by atoms with Crippen LogP contribution in [-0.2, 0) is 24.3 Å². The van der Waals surface area contributed by atoms with Gasteiger partial charge >= 0.3 is 6.18 Å². The van der Waals surface area contributed by atoms with Crippen molar-refractivity contribution in [1.82, 2.24) is 10.6 Å². The van der Waals surface area contributed by atoms with E-state index in [-0.39, 0.29) is 6.61 Å². The minimum atomic E-state index is -4.30. The van der Waals surface area contributed by atoms with Crippen molar-refractivity contribution in [3.05, 3.63) is 59.5 Å². The van der Waals surface area contributed by atoms with E-state index < -0.39 is 12.8 Å². The summed E-state index contributed by atoms with van der Waals surface area (Å²) in [6.07, 6.45) is -1.91. The van der Waals surface area contributed by atoms with Crippen LogP contribution in [0.1, 0.15) is 16.9 Å². The highest BCUT2D eigenvalue weighted by atomic mass is 19.4. The van der Waals surface area contributed by atoms with Crippen LogP contribution in [-0.4, -0.2) is 32.3 Å². The first-order chi connectivity index (χ1) is 12.5. The van der Waals surface area contributed by atoms with Gasteiger partial charge in [0, 0.05) is 26.6 Å². The maximum atomic E-state index is 12.0. The molecule has 26 heavy (non-hydrogen) atoms. The Labute approximate surface area is 150 Å². The third kappa shape index (κ3) is 7.60. The Morgan fingerprint density at radius 3 is 2.46 bits per heavy atom. The monoisotopic (exact) mass is 369 g/mol. The van der Waals surface area contributed by atoms with Gasteiger partial charge in [-0.05, 0) is 23.3 Å². The van der Waals surface area contributed by atoms with E-state index in [1.165, 1.54) is 0 Å². The molecule has 0 aliphatic heterocycles. The van der Waals surface area contributed by atoms with E-state index in [1.54, 1.807) is 25.4 Å². The standard InChI is InChI=1S/C18H22F3N3O2/c1-22-17(23-9-8-16-3-2-10-26-16)24-11-14-4-6-15(7-5-14)12-25-13-18(19,20)21/h2-7,10H,8-9,11-13H2,1H3,(H2,22,23,24). The summed E-state index contributed by atoms with van der Waals surface area (Å²) in [5.41, 5.74) is 1.68. The number of aliphatic imine (C=N–C) groups is 1. The van der Waals surface area contributed by atoms with Crippen LogP contribution in [0, 0.1) is 0 Å². The number of guanidine groups is 1. The minimum Gasteiger partial charge on any atom is -0.469 e. The molecule has 0 aliphatic carbocycles. The zero-order valence-electron chi connectivity index (χ0n) is 14.5. The molecule has 0 fully saturated rings. The summed E-state index contributed by atoms with van der Waals surface area (Å²) in [4.78, 5) is 4.14. The number of nitrogens with zero attached hydrogens (tertiary/aromatic N) is 1. The summed E-state index contributed by atoms with van der Waals surface area (Å²) in [7, 11) is 1.68. The molecule has 0 unspecified atom stereocenters. The van der Waals surface area contributed by atoms with Gasteiger partial charge in [-0.15, -0.1) is 0 Å². The Hall–Kier alpha value is -2.48. The average Bonchev–Trinajstić information content (AvgIpc) is 3.11. The highest BCUT2D eigenvalue weighted by Gasteiger charge is 2.27. The second-order valence-electron chi connectivity index (χ2n) is 5.61. The van der Waals surface area contributed by atoms with E-state index in [0.717, 1.165) is 17.7 Å². The number of nitrogens with one attached hydrogen (secondary N) is 2. The first kappa shape index (κ1) is 19.8. The molecule has 0 saturated heterocycles. The van der Waals surface area contributed by atoms with Crippen molar-refractivity contribution in [2.45, 2.75) is 25.7 Å². The van der Waals surface area contributed by atoms with Crippen molar-refractivity contribution >= 4 is 5.96 Å². The average molecular weight is 369 g/mol. The fraction of sp³-hybridized carbons (Fsp3) is 0.389. The van der Waals surface area contributed by atoms with E-state index in [4.69, 9.17) is 4.42 Å². The van der Waals surface area contributed by atoms with Gasteiger partial charge in [0.15, 0.2) is 5.96 Å². The molecular weight excluding hydrogens is 347 g/mol. The Morgan fingerprint density at radius 1 is 1.12 bits per heavy atom. The summed E-state index contributed by atoms with van der Waals surface area (Å²) in [5.74, 6) is 1.56. The number of hydrogen-bond donors (Lipinski definition) is 2. The molecule has 5 nitrogen and oxygen atoms in total. The van der Waals surface area contributed by atoms with E-state index in [1.807, 2.05) is 24.3 Å². The van der Waals surface area contributed by atoms with Gasteiger partial charge in [0.05, 0.1) is 12.9 Å². The SMILES string of the molecule is CN=C(NCCc1ccco1)NCc1ccc(COCC(F)(F)F)cc1. The van der Waals surface area contributed by atoms with E-state index in [0.29, 0.717) is 24.6 Å². The Balaban J connectivity index is 1.70. The number of rotatable bonds is 8. The lowest BCUT2D eigenvalue weighted by Gasteiger charge is -2.12. The van der Waals surface area contributed by atoms with Crippen molar-refractivity contribution in [2.24, 2.45) is 4.99 Å². The number of ether oxygens (including phenoxy) is 1. The van der Waals surface area contributed by atoms with Crippen molar-refractivity contribution in [3.63, 3.8) is 0 Å². The van der Waals surface area contributed by atoms with Gasteiger partial charge in [0.2, 0.25) is 0 Å². The van der Waals surface area contributed by atoms with Crippen LogP contribution in [0.3, 0.4) is 0 Å². The largest absolute Gasteiger partial charge is 0.469 e.